The monoisotopic (exact) mass is 382 g/mol. The van der Waals surface area contributed by atoms with Gasteiger partial charge in [-0.15, -0.1) is 0 Å². The van der Waals surface area contributed by atoms with Gasteiger partial charge in [0.25, 0.3) is 0 Å². The van der Waals surface area contributed by atoms with Gasteiger partial charge in [0, 0.05) is 49.0 Å². The Bertz CT molecular complexity index is 746. The molecule has 0 aromatic heterocycles. The van der Waals surface area contributed by atoms with Gasteiger partial charge in [-0.25, -0.2) is 0 Å². The average molecular weight is 383 g/mol. The van der Waals surface area contributed by atoms with Gasteiger partial charge in [-0.1, -0.05) is 48.5 Å². The molecule has 0 fully saturated rings. The number of hydrogen-bond acceptors (Lipinski definition) is 4. The smallest absolute Gasteiger partial charge is 0.135 e. The third-order valence-electron chi connectivity index (χ3n) is 4.81. The lowest BCUT2D eigenvalue weighted by atomic mass is 10.0. The van der Waals surface area contributed by atoms with Crippen molar-refractivity contribution in [3.8, 4) is 11.5 Å². The van der Waals surface area contributed by atoms with Crippen molar-refractivity contribution in [2.45, 2.75) is 25.7 Å². The van der Waals surface area contributed by atoms with Crippen LogP contribution in [0.25, 0.3) is 21.5 Å². The summed E-state index contributed by atoms with van der Waals surface area (Å²) < 4.78 is 22.8. The van der Waals surface area contributed by atoms with E-state index in [0.717, 1.165) is 71.9 Å². The normalized spacial score (nSPS) is 11.2. The highest BCUT2D eigenvalue weighted by atomic mass is 16.5. The molecule has 4 heteroatoms. The van der Waals surface area contributed by atoms with Gasteiger partial charge in [0.1, 0.15) is 11.5 Å². The molecular weight excluding hydrogens is 352 g/mol. The third kappa shape index (κ3) is 4.94. The molecule has 0 aliphatic rings. The summed E-state index contributed by atoms with van der Waals surface area (Å²) in [5.74, 6) is 1.88. The Kier molecular flexibility index (Phi) is 7.94. The average Bonchev–Trinajstić information content (AvgIpc) is 2.74. The molecule has 0 radical (unpaired) electrons. The van der Waals surface area contributed by atoms with Crippen molar-refractivity contribution in [2.24, 2.45) is 0 Å². The minimum absolute atomic E-state index is 0.675. The first-order valence-electron chi connectivity index (χ1n) is 10.0. The third-order valence-corrected chi connectivity index (χ3v) is 4.81. The van der Waals surface area contributed by atoms with Crippen LogP contribution in [0.5, 0.6) is 11.5 Å². The maximum atomic E-state index is 6.26. The number of ether oxygens (including phenoxy) is 4. The molecule has 0 N–H and O–H groups in total. The number of rotatable bonds is 12. The van der Waals surface area contributed by atoms with Crippen LogP contribution < -0.4 is 9.47 Å². The van der Waals surface area contributed by atoms with Gasteiger partial charge >= 0.3 is 0 Å². The van der Waals surface area contributed by atoms with Gasteiger partial charge in [0.05, 0.1) is 13.2 Å². The van der Waals surface area contributed by atoms with Crippen LogP contribution in [0, 0.1) is 0 Å². The number of hydrogen-bond donors (Lipinski definition) is 0. The first-order chi connectivity index (χ1) is 13.9. The lowest BCUT2D eigenvalue weighted by Crippen LogP contribution is -2.03. The fraction of sp³-hybridized carbons (Fsp3) is 0.417. The fourth-order valence-electron chi connectivity index (χ4n) is 3.40. The van der Waals surface area contributed by atoms with Crippen molar-refractivity contribution >= 4 is 21.5 Å². The minimum atomic E-state index is 0.675. The van der Waals surface area contributed by atoms with Crippen molar-refractivity contribution in [2.75, 3.05) is 40.6 Å². The molecule has 0 amide bonds. The molecule has 0 bridgehead atoms. The first-order valence-corrected chi connectivity index (χ1v) is 10.0. The Hall–Kier alpha value is -2.30. The van der Waals surface area contributed by atoms with E-state index in [9.17, 15) is 0 Å². The van der Waals surface area contributed by atoms with E-state index in [1.165, 1.54) is 0 Å². The van der Waals surface area contributed by atoms with Crippen LogP contribution in [0.1, 0.15) is 25.7 Å². The Labute approximate surface area is 167 Å². The highest BCUT2D eigenvalue weighted by molar-refractivity contribution is 6.11. The van der Waals surface area contributed by atoms with Crippen molar-refractivity contribution in [3.05, 3.63) is 48.5 Å². The van der Waals surface area contributed by atoms with Crippen LogP contribution in [0.3, 0.4) is 0 Å². The van der Waals surface area contributed by atoms with Crippen LogP contribution in [-0.2, 0) is 9.47 Å². The van der Waals surface area contributed by atoms with E-state index in [4.69, 9.17) is 18.9 Å². The van der Waals surface area contributed by atoms with Crippen molar-refractivity contribution < 1.29 is 18.9 Å². The predicted octanol–water partition coefficient (Wildman–Crippen LogP) is 5.60. The summed E-state index contributed by atoms with van der Waals surface area (Å²) in [5.41, 5.74) is 0. The van der Waals surface area contributed by atoms with Crippen LogP contribution in [0.15, 0.2) is 48.5 Å². The second kappa shape index (κ2) is 10.9. The molecule has 0 heterocycles. The fourth-order valence-corrected chi connectivity index (χ4v) is 3.40. The molecule has 0 aliphatic carbocycles. The maximum absolute atomic E-state index is 6.26. The van der Waals surface area contributed by atoms with Crippen LogP contribution >= 0.6 is 0 Å². The molecule has 0 unspecified atom stereocenters. The van der Waals surface area contributed by atoms with Crippen LogP contribution in [-0.4, -0.2) is 40.6 Å². The Morgan fingerprint density at radius 3 is 1.14 bits per heavy atom. The zero-order valence-electron chi connectivity index (χ0n) is 16.9. The van der Waals surface area contributed by atoms with E-state index in [2.05, 4.69) is 48.5 Å². The minimum Gasteiger partial charge on any atom is -0.492 e. The molecule has 28 heavy (non-hydrogen) atoms. The summed E-state index contributed by atoms with van der Waals surface area (Å²) in [4.78, 5) is 0. The van der Waals surface area contributed by atoms with Crippen molar-refractivity contribution in [1.82, 2.24) is 0 Å². The SMILES string of the molecule is COCCCCOc1c2ccccc2c(OCCCCOC)c2ccccc12. The Morgan fingerprint density at radius 2 is 0.821 bits per heavy atom. The van der Waals surface area contributed by atoms with Gasteiger partial charge in [0.2, 0.25) is 0 Å². The Morgan fingerprint density at radius 1 is 0.500 bits per heavy atom. The van der Waals surface area contributed by atoms with E-state index in [-0.39, 0.29) is 0 Å². The number of fused-ring (bicyclic) bond motifs is 2. The summed E-state index contributed by atoms with van der Waals surface area (Å²) in [6, 6.07) is 16.7. The second-order valence-corrected chi connectivity index (χ2v) is 6.85. The summed E-state index contributed by atoms with van der Waals surface area (Å²) in [6.45, 7) is 2.88. The van der Waals surface area contributed by atoms with E-state index in [1.807, 2.05) is 0 Å². The molecule has 0 aliphatic heterocycles. The molecular formula is C24H30O4. The standard InChI is InChI=1S/C24H30O4/c1-25-15-7-9-17-27-23-19-11-3-5-13-21(19)24(28-18-10-8-16-26-2)22-14-6-4-12-20(22)23/h3-6,11-14H,7-10,15-18H2,1-2H3. The van der Waals surface area contributed by atoms with E-state index in [0.29, 0.717) is 13.2 Å². The lowest BCUT2D eigenvalue weighted by Gasteiger charge is -2.18. The van der Waals surface area contributed by atoms with Gasteiger partial charge < -0.3 is 18.9 Å². The summed E-state index contributed by atoms with van der Waals surface area (Å²) in [7, 11) is 3.46. The topological polar surface area (TPSA) is 36.9 Å². The summed E-state index contributed by atoms with van der Waals surface area (Å²) in [5, 5.41) is 4.39. The number of unbranched alkanes of at least 4 members (excludes halogenated alkanes) is 2. The highest BCUT2D eigenvalue weighted by Crippen LogP contribution is 2.42. The molecule has 3 rings (SSSR count). The van der Waals surface area contributed by atoms with Gasteiger partial charge in [-0.2, -0.15) is 0 Å². The van der Waals surface area contributed by atoms with E-state index >= 15 is 0 Å². The van der Waals surface area contributed by atoms with Gasteiger partial charge in [-0.3, -0.25) is 0 Å². The second-order valence-electron chi connectivity index (χ2n) is 6.85. The van der Waals surface area contributed by atoms with Crippen LogP contribution in [0.4, 0.5) is 0 Å². The molecule has 3 aromatic carbocycles. The Balaban J connectivity index is 1.91. The van der Waals surface area contributed by atoms with E-state index < -0.39 is 0 Å². The molecule has 0 saturated heterocycles. The zero-order chi connectivity index (χ0) is 19.6. The number of benzene rings is 3. The molecule has 0 saturated carbocycles. The molecule has 150 valence electrons. The molecule has 3 aromatic rings. The maximum Gasteiger partial charge on any atom is 0.135 e. The van der Waals surface area contributed by atoms with Gasteiger partial charge in [-0.05, 0) is 25.7 Å². The number of methoxy groups -OCH3 is 2. The quantitative estimate of drug-likeness (QED) is 0.302. The first kappa shape index (κ1) is 20.4. The largest absolute Gasteiger partial charge is 0.492 e. The molecule has 0 spiro atoms. The van der Waals surface area contributed by atoms with Gasteiger partial charge in [0.15, 0.2) is 0 Å². The summed E-state index contributed by atoms with van der Waals surface area (Å²) >= 11 is 0. The molecule has 0 atom stereocenters. The molecule has 4 nitrogen and oxygen atoms in total. The van der Waals surface area contributed by atoms with E-state index in [1.54, 1.807) is 14.2 Å². The van der Waals surface area contributed by atoms with Crippen molar-refractivity contribution in [1.29, 1.82) is 0 Å². The van der Waals surface area contributed by atoms with Crippen molar-refractivity contribution in [3.63, 3.8) is 0 Å². The summed E-state index contributed by atoms with van der Waals surface area (Å²) in [6.07, 6.45) is 3.92. The van der Waals surface area contributed by atoms with Crippen LogP contribution in [0.2, 0.25) is 0 Å². The zero-order valence-corrected chi connectivity index (χ0v) is 16.9. The predicted molar refractivity (Wildman–Crippen MR) is 115 cm³/mol. The lowest BCUT2D eigenvalue weighted by molar-refractivity contribution is 0.184. The highest BCUT2D eigenvalue weighted by Gasteiger charge is 2.15.